The van der Waals surface area contributed by atoms with Gasteiger partial charge in [0.15, 0.2) is 0 Å². The molecule has 1 spiro atoms. The number of nitrogens with one attached hydrogen (secondary N) is 1. The van der Waals surface area contributed by atoms with Gasteiger partial charge < -0.3 is 10.2 Å². The van der Waals surface area contributed by atoms with E-state index in [0.717, 1.165) is 23.9 Å². The average Bonchev–Trinajstić information content (AvgIpc) is 2.96. The van der Waals surface area contributed by atoms with Crippen molar-refractivity contribution in [3.63, 3.8) is 0 Å². The summed E-state index contributed by atoms with van der Waals surface area (Å²) in [4.78, 5) is 5.70. The van der Waals surface area contributed by atoms with E-state index in [1.54, 1.807) is 0 Å². The second-order valence-electron chi connectivity index (χ2n) is 8.56. The number of hydrogen-bond acceptors (Lipinski definition) is 3. The molecule has 0 aromatic heterocycles. The number of piperidine rings is 3. The van der Waals surface area contributed by atoms with Crippen LogP contribution in [0.1, 0.15) is 52.4 Å². The maximum Gasteiger partial charge on any atom is 0.0309 e. The predicted octanol–water partition coefficient (Wildman–Crippen LogP) is 2.32. The normalized spacial score (nSPS) is 43.0. The van der Waals surface area contributed by atoms with Crippen molar-refractivity contribution in [2.24, 2.45) is 11.8 Å². The second-order valence-corrected chi connectivity index (χ2v) is 8.56. The van der Waals surface area contributed by atoms with Gasteiger partial charge in [-0.2, -0.15) is 0 Å². The summed E-state index contributed by atoms with van der Waals surface area (Å²) >= 11 is 0. The lowest BCUT2D eigenvalue weighted by atomic mass is 9.79. The third-order valence-corrected chi connectivity index (χ3v) is 6.98. The molecule has 5 fully saturated rings. The molecule has 4 heterocycles. The summed E-state index contributed by atoms with van der Waals surface area (Å²) in [5.41, 5.74) is 0.470. The Bertz CT molecular complexity index is 367. The van der Waals surface area contributed by atoms with Gasteiger partial charge in [-0.25, -0.2) is 0 Å². The Morgan fingerprint density at radius 2 is 1.81 bits per heavy atom. The van der Waals surface area contributed by atoms with E-state index in [9.17, 15) is 0 Å². The molecule has 1 saturated carbocycles. The van der Waals surface area contributed by atoms with E-state index in [-0.39, 0.29) is 0 Å². The zero-order valence-electron chi connectivity index (χ0n) is 14.0. The van der Waals surface area contributed by atoms with Gasteiger partial charge in [-0.1, -0.05) is 26.7 Å². The van der Waals surface area contributed by atoms with Gasteiger partial charge in [-0.05, 0) is 50.6 Å². The zero-order valence-corrected chi connectivity index (χ0v) is 14.0. The van der Waals surface area contributed by atoms with Gasteiger partial charge in [0.25, 0.3) is 0 Å². The molecule has 4 aliphatic heterocycles. The first-order valence-electron chi connectivity index (χ1n) is 9.40. The monoisotopic (exact) mass is 291 g/mol. The molecule has 21 heavy (non-hydrogen) atoms. The third-order valence-electron chi connectivity index (χ3n) is 6.98. The number of hydrogen-bond donors (Lipinski definition) is 1. The number of fused-ring (bicyclic) bond motifs is 3. The molecule has 1 N–H and O–H groups in total. The van der Waals surface area contributed by atoms with E-state index in [0.29, 0.717) is 5.54 Å². The Balaban J connectivity index is 1.56. The summed E-state index contributed by atoms with van der Waals surface area (Å²) in [7, 11) is 0. The standard InChI is InChI=1S/C18H33N3/c1-14(2)16-11-19-18(7-3-4-8-18)13-21(16)17-12-20-9-5-15(17)6-10-20/h14-17,19H,3-13H2,1-2H3. The van der Waals surface area contributed by atoms with Gasteiger partial charge in [0.2, 0.25) is 0 Å². The summed E-state index contributed by atoms with van der Waals surface area (Å²) in [5, 5.41) is 3.98. The molecule has 2 unspecified atom stereocenters. The number of piperazine rings is 1. The Kier molecular flexibility index (Phi) is 3.79. The van der Waals surface area contributed by atoms with Gasteiger partial charge >= 0.3 is 0 Å². The molecule has 4 saturated heterocycles. The van der Waals surface area contributed by atoms with Crippen molar-refractivity contribution in [3.05, 3.63) is 0 Å². The largest absolute Gasteiger partial charge is 0.308 e. The molecule has 120 valence electrons. The van der Waals surface area contributed by atoms with E-state index in [1.807, 2.05) is 0 Å². The van der Waals surface area contributed by atoms with Crippen LogP contribution in [0.25, 0.3) is 0 Å². The minimum absolute atomic E-state index is 0.470. The lowest BCUT2D eigenvalue weighted by Crippen LogP contribution is -2.70. The first-order valence-corrected chi connectivity index (χ1v) is 9.40. The van der Waals surface area contributed by atoms with Gasteiger partial charge in [-0.3, -0.25) is 4.90 Å². The lowest BCUT2D eigenvalue weighted by molar-refractivity contribution is -0.0546. The van der Waals surface area contributed by atoms with E-state index in [4.69, 9.17) is 0 Å². The molecule has 0 radical (unpaired) electrons. The minimum Gasteiger partial charge on any atom is -0.308 e. The third kappa shape index (κ3) is 2.55. The van der Waals surface area contributed by atoms with E-state index >= 15 is 0 Å². The Morgan fingerprint density at radius 3 is 2.38 bits per heavy atom. The number of nitrogens with zero attached hydrogens (tertiary/aromatic N) is 2. The fourth-order valence-corrected chi connectivity index (χ4v) is 5.64. The van der Waals surface area contributed by atoms with Crippen molar-refractivity contribution in [1.29, 1.82) is 0 Å². The molecule has 2 bridgehead atoms. The summed E-state index contributed by atoms with van der Waals surface area (Å²) < 4.78 is 0. The topological polar surface area (TPSA) is 18.5 Å². The maximum atomic E-state index is 3.98. The molecule has 0 aromatic rings. The van der Waals surface area contributed by atoms with Crippen molar-refractivity contribution in [3.8, 4) is 0 Å². The van der Waals surface area contributed by atoms with Crippen molar-refractivity contribution in [2.45, 2.75) is 70.0 Å². The van der Waals surface area contributed by atoms with Crippen LogP contribution in [-0.4, -0.2) is 60.1 Å². The van der Waals surface area contributed by atoms with Crippen LogP contribution in [0, 0.1) is 11.8 Å². The highest BCUT2D eigenvalue weighted by molar-refractivity contribution is 5.05. The highest BCUT2D eigenvalue weighted by atomic mass is 15.3. The van der Waals surface area contributed by atoms with Crippen LogP contribution in [0.2, 0.25) is 0 Å². The van der Waals surface area contributed by atoms with Gasteiger partial charge in [0.1, 0.15) is 0 Å². The zero-order chi connectivity index (χ0) is 14.4. The molecule has 3 heteroatoms. The van der Waals surface area contributed by atoms with Gasteiger partial charge in [-0.15, -0.1) is 0 Å². The van der Waals surface area contributed by atoms with Crippen LogP contribution in [0.3, 0.4) is 0 Å². The van der Waals surface area contributed by atoms with E-state index in [1.165, 1.54) is 71.2 Å². The fourth-order valence-electron chi connectivity index (χ4n) is 5.64. The van der Waals surface area contributed by atoms with Crippen LogP contribution in [0.4, 0.5) is 0 Å². The van der Waals surface area contributed by atoms with Crippen LogP contribution in [0.15, 0.2) is 0 Å². The molecule has 5 rings (SSSR count). The molecule has 1 aliphatic carbocycles. The van der Waals surface area contributed by atoms with Crippen LogP contribution < -0.4 is 5.32 Å². The Labute approximate surface area is 130 Å². The molecule has 0 amide bonds. The summed E-state index contributed by atoms with van der Waals surface area (Å²) in [5.74, 6) is 1.75. The SMILES string of the molecule is CC(C)C1CNC2(CCCC2)CN1C1CN2CCC1CC2. The molecule has 5 aliphatic rings. The fraction of sp³-hybridized carbons (Fsp3) is 1.00. The first kappa shape index (κ1) is 14.5. The van der Waals surface area contributed by atoms with Crippen molar-refractivity contribution < 1.29 is 0 Å². The van der Waals surface area contributed by atoms with Crippen LogP contribution >= 0.6 is 0 Å². The molecule has 3 nitrogen and oxygen atoms in total. The first-order chi connectivity index (χ1) is 10.2. The summed E-state index contributed by atoms with van der Waals surface area (Å²) in [6.45, 7) is 11.5. The lowest BCUT2D eigenvalue weighted by Gasteiger charge is -2.56. The molecule has 0 aromatic carbocycles. The predicted molar refractivity (Wildman–Crippen MR) is 87.5 cm³/mol. The summed E-state index contributed by atoms with van der Waals surface area (Å²) in [6.07, 6.45) is 8.60. The summed E-state index contributed by atoms with van der Waals surface area (Å²) in [6, 6.07) is 1.60. The van der Waals surface area contributed by atoms with Gasteiger partial charge in [0, 0.05) is 37.3 Å². The Hall–Kier alpha value is -0.120. The average molecular weight is 291 g/mol. The minimum atomic E-state index is 0.470. The van der Waals surface area contributed by atoms with Crippen LogP contribution in [0.5, 0.6) is 0 Å². The molecular weight excluding hydrogens is 258 g/mol. The number of rotatable bonds is 2. The van der Waals surface area contributed by atoms with Crippen LogP contribution in [-0.2, 0) is 0 Å². The highest BCUT2D eigenvalue weighted by Gasteiger charge is 2.47. The van der Waals surface area contributed by atoms with E-state index < -0.39 is 0 Å². The van der Waals surface area contributed by atoms with E-state index in [2.05, 4.69) is 29.0 Å². The Morgan fingerprint density at radius 1 is 1.10 bits per heavy atom. The molecular formula is C18H33N3. The highest BCUT2D eigenvalue weighted by Crippen LogP contribution is 2.39. The molecule has 2 atom stereocenters. The maximum absolute atomic E-state index is 3.98. The van der Waals surface area contributed by atoms with Crippen molar-refractivity contribution in [2.75, 3.05) is 32.7 Å². The second kappa shape index (κ2) is 5.50. The smallest absolute Gasteiger partial charge is 0.0309 e. The van der Waals surface area contributed by atoms with Crippen molar-refractivity contribution in [1.82, 2.24) is 15.1 Å². The van der Waals surface area contributed by atoms with Gasteiger partial charge in [0.05, 0.1) is 0 Å². The van der Waals surface area contributed by atoms with Crippen molar-refractivity contribution >= 4 is 0 Å². The quantitative estimate of drug-likeness (QED) is 0.842.